The Labute approximate surface area is 73.3 Å². The van der Waals surface area contributed by atoms with Crippen LogP contribution in [-0.2, 0) is 9.59 Å². The number of amides is 1. The fourth-order valence-corrected chi connectivity index (χ4v) is 1.18. The molecule has 0 heterocycles. The van der Waals surface area contributed by atoms with Crippen LogP contribution >= 0.6 is 0 Å². The van der Waals surface area contributed by atoms with Crippen LogP contribution in [0.15, 0.2) is 0 Å². The first-order valence-electron chi connectivity index (χ1n) is 4.27. The maximum absolute atomic E-state index is 10.9. The van der Waals surface area contributed by atoms with Crippen molar-refractivity contribution in [2.75, 3.05) is 0 Å². The standard InChI is InChI=1S/C9H17NO2/c1-4-6(2)8(9(10)12)5-7(3)11/h6,8H,4-5H2,1-3H3,(H2,10,12)/t6-,8-/m0/s1. The van der Waals surface area contributed by atoms with E-state index in [0.29, 0.717) is 0 Å². The molecule has 0 aliphatic rings. The molecule has 0 radical (unpaired) electrons. The van der Waals surface area contributed by atoms with Gasteiger partial charge in [0.15, 0.2) is 0 Å². The van der Waals surface area contributed by atoms with E-state index in [1.807, 2.05) is 13.8 Å². The number of nitrogens with two attached hydrogens (primary N) is 1. The van der Waals surface area contributed by atoms with Crippen LogP contribution in [0.4, 0.5) is 0 Å². The summed E-state index contributed by atoms with van der Waals surface area (Å²) in [5.74, 6) is -0.419. The van der Waals surface area contributed by atoms with E-state index in [2.05, 4.69) is 0 Å². The van der Waals surface area contributed by atoms with E-state index in [0.717, 1.165) is 6.42 Å². The van der Waals surface area contributed by atoms with Crippen molar-refractivity contribution in [2.24, 2.45) is 17.6 Å². The minimum atomic E-state index is -0.362. The van der Waals surface area contributed by atoms with E-state index in [1.54, 1.807) is 0 Å². The summed E-state index contributed by atoms with van der Waals surface area (Å²) in [6.45, 7) is 5.41. The number of Topliss-reactive ketones (excluding diaryl/α,β-unsaturated/α-hetero) is 1. The van der Waals surface area contributed by atoms with Crippen molar-refractivity contribution in [1.29, 1.82) is 0 Å². The van der Waals surface area contributed by atoms with Crippen molar-refractivity contribution < 1.29 is 9.59 Å². The summed E-state index contributed by atoms with van der Waals surface area (Å²) in [4.78, 5) is 21.7. The third kappa shape index (κ3) is 3.51. The fourth-order valence-electron chi connectivity index (χ4n) is 1.18. The summed E-state index contributed by atoms with van der Waals surface area (Å²) < 4.78 is 0. The number of primary amides is 1. The molecule has 0 saturated heterocycles. The van der Waals surface area contributed by atoms with Crippen molar-refractivity contribution in [1.82, 2.24) is 0 Å². The lowest BCUT2D eigenvalue weighted by atomic mass is 9.87. The summed E-state index contributed by atoms with van der Waals surface area (Å²) >= 11 is 0. The molecule has 0 aromatic rings. The number of hydrogen-bond donors (Lipinski definition) is 1. The van der Waals surface area contributed by atoms with E-state index < -0.39 is 0 Å². The highest BCUT2D eigenvalue weighted by Gasteiger charge is 2.22. The van der Waals surface area contributed by atoms with Crippen LogP contribution in [0, 0.1) is 11.8 Å². The van der Waals surface area contributed by atoms with Gasteiger partial charge in [-0.3, -0.25) is 4.79 Å². The highest BCUT2D eigenvalue weighted by molar-refractivity contribution is 5.84. The summed E-state index contributed by atoms with van der Waals surface area (Å²) in [5, 5.41) is 0. The summed E-state index contributed by atoms with van der Waals surface area (Å²) in [5.41, 5.74) is 5.17. The Morgan fingerprint density at radius 1 is 1.42 bits per heavy atom. The maximum Gasteiger partial charge on any atom is 0.221 e. The number of rotatable bonds is 5. The zero-order valence-electron chi connectivity index (χ0n) is 7.96. The number of carbonyl (C=O) groups is 2. The Morgan fingerprint density at radius 2 is 1.92 bits per heavy atom. The first kappa shape index (κ1) is 11.1. The monoisotopic (exact) mass is 171 g/mol. The number of ketones is 1. The second-order valence-corrected chi connectivity index (χ2v) is 3.30. The summed E-state index contributed by atoms with van der Waals surface area (Å²) in [7, 11) is 0. The SMILES string of the molecule is CC[C@H](C)[C@H](CC(C)=O)C(N)=O. The minimum absolute atomic E-state index is 0.0269. The van der Waals surface area contributed by atoms with Gasteiger partial charge in [-0.2, -0.15) is 0 Å². The van der Waals surface area contributed by atoms with E-state index in [-0.39, 0.29) is 29.9 Å². The molecule has 0 fully saturated rings. The van der Waals surface area contributed by atoms with Gasteiger partial charge < -0.3 is 10.5 Å². The zero-order valence-corrected chi connectivity index (χ0v) is 7.96. The smallest absolute Gasteiger partial charge is 0.221 e. The Morgan fingerprint density at radius 3 is 2.17 bits per heavy atom. The molecule has 0 aliphatic heterocycles. The zero-order chi connectivity index (χ0) is 9.72. The second-order valence-electron chi connectivity index (χ2n) is 3.30. The maximum atomic E-state index is 10.9. The lowest BCUT2D eigenvalue weighted by molar-refractivity contribution is -0.128. The number of hydrogen-bond acceptors (Lipinski definition) is 2. The quantitative estimate of drug-likeness (QED) is 0.673. The molecule has 2 N–H and O–H groups in total. The van der Waals surface area contributed by atoms with Crippen molar-refractivity contribution >= 4 is 11.7 Å². The highest BCUT2D eigenvalue weighted by atomic mass is 16.1. The molecule has 0 spiro atoms. The molecule has 0 aliphatic carbocycles. The second kappa shape index (κ2) is 4.91. The van der Waals surface area contributed by atoms with Gasteiger partial charge in [-0.1, -0.05) is 20.3 Å². The van der Waals surface area contributed by atoms with Crippen molar-refractivity contribution in [3.63, 3.8) is 0 Å². The van der Waals surface area contributed by atoms with E-state index in [4.69, 9.17) is 5.73 Å². The van der Waals surface area contributed by atoms with E-state index >= 15 is 0 Å². The molecule has 0 bridgehead atoms. The fraction of sp³-hybridized carbons (Fsp3) is 0.778. The average molecular weight is 171 g/mol. The van der Waals surface area contributed by atoms with Gasteiger partial charge in [0.2, 0.25) is 5.91 Å². The minimum Gasteiger partial charge on any atom is -0.369 e. The van der Waals surface area contributed by atoms with Crippen LogP contribution in [0.3, 0.4) is 0 Å². The highest BCUT2D eigenvalue weighted by Crippen LogP contribution is 2.18. The molecular weight excluding hydrogens is 154 g/mol. The lowest BCUT2D eigenvalue weighted by Gasteiger charge is -2.17. The van der Waals surface area contributed by atoms with E-state index in [1.165, 1.54) is 6.92 Å². The molecule has 3 nitrogen and oxygen atoms in total. The Hall–Kier alpha value is -0.860. The van der Waals surface area contributed by atoms with Gasteiger partial charge in [0, 0.05) is 12.3 Å². The summed E-state index contributed by atoms with van der Waals surface area (Å²) in [6.07, 6.45) is 1.16. The topological polar surface area (TPSA) is 60.2 Å². The van der Waals surface area contributed by atoms with Crippen LogP contribution in [0.25, 0.3) is 0 Å². The molecule has 70 valence electrons. The first-order chi connectivity index (χ1) is 5.49. The van der Waals surface area contributed by atoms with Crippen molar-refractivity contribution in [3.8, 4) is 0 Å². The predicted octanol–water partition coefficient (Wildman–Crippen LogP) is 1.11. The van der Waals surface area contributed by atoms with Crippen LogP contribution in [-0.4, -0.2) is 11.7 Å². The molecule has 0 unspecified atom stereocenters. The lowest BCUT2D eigenvalue weighted by Crippen LogP contribution is -2.30. The Kier molecular flexibility index (Phi) is 4.55. The molecule has 0 rings (SSSR count). The van der Waals surface area contributed by atoms with Crippen molar-refractivity contribution in [3.05, 3.63) is 0 Å². The van der Waals surface area contributed by atoms with Gasteiger partial charge in [-0.05, 0) is 12.8 Å². The first-order valence-corrected chi connectivity index (χ1v) is 4.27. The predicted molar refractivity (Wildman–Crippen MR) is 47.4 cm³/mol. The molecule has 2 atom stereocenters. The van der Waals surface area contributed by atoms with Crippen LogP contribution in [0.2, 0.25) is 0 Å². The summed E-state index contributed by atoms with van der Waals surface area (Å²) in [6, 6.07) is 0. The Bertz CT molecular complexity index is 177. The Balaban J connectivity index is 4.22. The number of carbonyl (C=O) groups excluding carboxylic acids is 2. The molecule has 0 aromatic carbocycles. The van der Waals surface area contributed by atoms with Gasteiger partial charge in [-0.25, -0.2) is 0 Å². The average Bonchev–Trinajstić information content (AvgIpc) is 1.98. The molecule has 1 amide bonds. The normalized spacial score (nSPS) is 15.2. The molecule has 3 heteroatoms. The molecule has 0 saturated carbocycles. The third-order valence-corrected chi connectivity index (χ3v) is 2.20. The third-order valence-electron chi connectivity index (χ3n) is 2.20. The largest absolute Gasteiger partial charge is 0.369 e. The molecule has 12 heavy (non-hydrogen) atoms. The molecular formula is C9H17NO2. The van der Waals surface area contributed by atoms with Crippen molar-refractivity contribution in [2.45, 2.75) is 33.6 Å². The van der Waals surface area contributed by atoms with E-state index in [9.17, 15) is 9.59 Å². The van der Waals surface area contributed by atoms with Gasteiger partial charge in [0.25, 0.3) is 0 Å². The van der Waals surface area contributed by atoms with Gasteiger partial charge in [-0.15, -0.1) is 0 Å². The van der Waals surface area contributed by atoms with Crippen LogP contribution in [0.5, 0.6) is 0 Å². The van der Waals surface area contributed by atoms with Crippen LogP contribution in [0.1, 0.15) is 33.6 Å². The van der Waals surface area contributed by atoms with Gasteiger partial charge >= 0.3 is 0 Å². The van der Waals surface area contributed by atoms with Gasteiger partial charge in [0.1, 0.15) is 5.78 Å². The van der Waals surface area contributed by atoms with Gasteiger partial charge in [0.05, 0.1) is 0 Å². The molecule has 0 aromatic heterocycles. The van der Waals surface area contributed by atoms with Crippen LogP contribution < -0.4 is 5.73 Å².